The van der Waals surface area contributed by atoms with Crippen LogP contribution in [-0.2, 0) is 6.54 Å². The third kappa shape index (κ3) is 3.10. The molecule has 0 atom stereocenters. The highest BCUT2D eigenvalue weighted by molar-refractivity contribution is 5.13. The first-order valence-electron chi connectivity index (χ1n) is 3.36. The van der Waals surface area contributed by atoms with E-state index in [0.717, 1.165) is 5.56 Å². The second-order valence-corrected chi connectivity index (χ2v) is 2.64. The van der Waals surface area contributed by atoms with Crippen LogP contribution in [0.4, 0.5) is 0 Å². The van der Waals surface area contributed by atoms with Gasteiger partial charge in [-0.15, -0.1) is 22.3 Å². The summed E-state index contributed by atoms with van der Waals surface area (Å²) in [6.45, 7) is 0.431. The maximum Gasteiger partial charge on any atom is 0.159 e. The van der Waals surface area contributed by atoms with Crippen LogP contribution in [0.15, 0.2) is 30.3 Å². The molecule has 0 radical (unpaired) electrons. The first-order chi connectivity index (χ1) is 5.08. The van der Waals surface area contributed by atoms with Crippen molar-refractivity contribution < 1.29 is 4.81 Å². The van der Waals surface area contributed by atoms with Crippen LogP contribution >= 0.6 is 0 Å². The maximum absolute atomic E-state index is 5.36. The molecule has 0 bridgehead atoms. The number of benzene rings is 1. The molecule has 11 heavy (non-hydrogen) atoms. The van der Waals surface area contributed by atoms with Gasteiger partial charge < -0.3 is 0 Å². The second kappa shape index (κ2) is 2.98. The average Bonchev–Trinajstić information content (AvgIpc) is 1.85. The van der Waals surface area contributed by atoms with Crippen molar-refractivity contribution in [3.05, 3.63) is 35.9 Å². The predicted octanol–water partition coefficient (Wildman–Crippen LogP) is -0.375. The molecule has 0 unspecified atom stereocenters. The number of quaternary nitrogens is 1. The monoisotopic (exact) mass is 153 g/mol. The average molecular weight is 153 g/mol. The van der Waals surface area contributed by atoms with Crippen LogP contribution in [0.2, 0.25) is 0 Å². The summed E-state index contributed by atoms with van der Waals surface area (Å²) in [5.41, 5.74) is 1.03. The molecular formula is C7H13N4+. The first-order valence-corrected chi connectivity index (χ1v) is 3.36. The molecule has 0 heterocycles. The van der Waals surface area contributed by atoms with E-state index in [9.17, 15) is 0 Å². The molecule has 1 rings (SSSR count). The summed E-state index contributed by atoms with van der Waals surface area (Å²) in [5, 5.41) is 0. The molecule has 0 aliphatic carbocycles. The molecule has 0 amide bonds. The van der Waals surface area contributed by atoms with Gasteiger partial charge >= 0.3 is 0 Å². The third-order valence-electron chi connectivity index (χ3n) is 1.30. The van der Waals surface area contributed by atoms with Crippen LogP contribution in [0.1, 0.15) is 5.56 Å². The van der Waals surface area contributed by atoms with Crippen molar-refractivity contribution >= 4 is 0 Å². The van der Waals surface area contributed by atoms with Crippen molar-refractivity contribution in [2.24, 2.45) is 17.5 Å². The van der Waals surface area contributed by atoms with Crippen molar-refractivity contribution in [1.82, 2.24) is 0 Å². The fourth-order valence-corrected chi connectivity index (χ4v) is 0.900. The van der Waals surface area contributed by atoms with E-state index in [0.29, 0.717) is 6.54 Å². The molecule has 6 N–H and O–H groups in total. The van der Waals surface area contributed by atoms with Gasteiger partial charge in [-0.2, -0.15) is 0 Å². The lowest BCUT2D eigenvalue weighted by atomic mass is 10.2. The number of nitrogens with two attached hydrogens (primary N) is 3. The summed E-state index contributed by atoms with van der Waals surface area (Å²) >= 11 is 0. The van der Waals surface area contributed by atoms with Gasteiger partial charge in [0.2, 0.25) is 0 Å². The number of rotatable bonds is 2. The van der Waals surface area contributed by atoms with Crippen molar-refractivity contribution in [3.63, 3.8) is 0 Å². The molecule has 0 spiro atoms. The van der Waals surface area contributed by atoms with Crippen molar-refractivity contribution in [2.45, 2.75) is 6.54 Å². The van der Waals surface area contributed by atoms with Crippen molar-refractivity contribution in [2.75, 3.05) is 0 Å². The van der Waals surface area contributed by atoms with E-state index in [-0.39, 0.29) is 0 Å². The van der Waals surface area contributed by atoms with E-state index in [4.69, 9.17) is 17.5 Å². The zero-order valence-corrected chi connectivity index (χ0v) is 6.27. The molecule has 0 aliphatic rings. The van der Waals surface area contributed by atoms with E-state index in [1.165, 1.54) is 0 Å². The van der Waals surface area contributed by atoms with Gasteiger partial charge in [-0.1, -0.05) is 30.3 Å². The summed E-state index contributed by atoms with van der Waals surface area (Å²) in [6, 6.07) is 9.64. The number of nitrogens with zero attached hydrogens (tertiary/aromatic N) is 1. The van der Waals surface area contributed by atoms with E-state index in [1.807, 2.05) is 30.3 Å². The molecule has 4 nitrogen and oxygen atoms in total. The molecule has 1 aromatic rings. The molecule has 0 saturated carbocycles. The Bertz CT molecular complexity index is 214. The largest absolute Gasteiger partial charge is 0.159 e. The molecule has 1 aromatic carbocycles. The van der Waals surface area contributed by atoms with E-state index in [2.05, 4.69) is 0 Å². The van der Waals surface area contributed by atoms with Crippen LogP contribution in [-0.4, -0.2) is 4.81 Å². The summed E-state index contributed by atoms with van der Waals surface area (Å²) in [4.78, 5) is -0.510. The Kier molecular flexibility index (Phi) is 2.21. The van der Waals surface area contributed by atoms with Crippen LogP contribution in [0.5, 0.6) is 0 Å². The smallest absolute Gasteiger partial charge is 0.141 e. The number of hydrogen-bond acceptors (Lipinski definition) is 3. The van der Waals surface area contributed by atoms with E-state index < -0.39 is 4.81 Å². The van der Waals surface area contributed by atoms with Gasteiger partial charge in [0.25, 0.3) is 0 Å². The Balaban J connectivity index is 2.66. The lowest BCUT2D eigenvalue weighted by Crippen LogP contribution is -2.65. The molecule has 0 fully saturated rings. The minimum atomic E-state index is -0.510. The first kappa shape index (κ1) is 8.16. The van der Waals surface area contributed by atoms with Gasteiger partial charge in [-0.3, -0.25) is 0 Å². The molecule has 0 aliphatic heterocycles. The summed E-state index contributed by atoms with van der Waals surface area (Å²) < 4.78 is 0. The Morgan fingerprint density at radius 3 is 2.00 bits per heavy atom. The van der Waals surface area contributed by atoms with E-state index >= 15 is 0 Å². The van der Waals surface area contributed by atoms with Crippen LogP contribution in [0, 0.1) is 0 Å². The number of hydrogen-bond donors (Lipinski definition) is 3. The highest BCUT2D eigenvalue weighted by Crippen LogP contribution is 2.00. The second-order valence-electron chi connectivity index (χ2n) is 2.64. The van der Waals surface area contributed by atoms with Gasteiger partial charge in [0.1, 0.15) is 0 Å². The summed E-state index contributed by atoms with van der Waals surface area (Å²) in [7, 11) is 0. The highest BCUT2D eigenvalue weighted by atomic mass is 15.9. The Morgan fingerprint density at radius 2 is 1.55 bits per heavy atom. The third-order valence-corrected chi connectivity index (χ3v) is 1.30. The maximum atomic E-state index is 5.36. The zero-order chi connectivity index (χ0) is 8.32. The summed E-state index contributed by atoms with van der Waals surface area (Å²) in [6.07, 6.45) is 0. The topological polar surface area (TPSA) is 78.1 Å². The lowest BCUT2D eigenvalue weighted by molar-refractivity contribution is -0.975. The molecular weight excluding hydrogens is 140 g/mol. The van der Waals surface area contributed by atoms with Gasteiger partial charge in [-0.25, -0.2) is 0 Å². The standard InChI is InChI=1S/C7H13N4/c8-11(9,10)6-7-4-2-1-3-5-7/h1-5H,6,8-10H2/q+1. The van der Waals surface area contributed by atoms with Crippen molar-refractivity contribution in [1.29, 1.82) is 0 Å². The van der Waals surface area contributed by atoms with Gasteiger partial charge in [0.05, 0.1) is 0 Å². The van der Waals surface area contributed by atoms with Gasteiger partial charge in [-0.05, 0) is 0 Å². The van der Waals surface area contributed by atoms with Crippen LogP contribution in [0.25, 0.3) is 0 Å². The zero-order valence-electron chi connectivity index (χ0n) is 6.27. The Labute approximate surface area is 65.7 Å². The summed E-state index contributed by atoms with van der Waals surface area (Å²) in [5.74, 6) is 16.1. The van der Waals surface area contributed by atoms with Crippen LogP contribution < -0.4 is 17.5 Å². The normalized spacial score (nSPS) is 11.5. The molecule has 0 aromatic heterocycles. The molecule has 4 heteroatoms. The fraction of sp³-hybridized carbons (Fsp3) is 0.143. The Hall–Kier alpha value is -0.940. The van der Waals surface area contributed by atoms with Crippen molar-refractivity contribution in [3.8, 4) is 0 Å². The van der Waals surface area contributed by atoms with E-state index in [1.54, 1.807) is 0 Å². The predicted molar refractivity (Wildman–Crippen MR) is 43.0 cm³/mol. The fourth-order valence-electron chi connectivity index (χ4n) is 0.900. The van der Waals surface area contributed by atoms with Gasteiger partial charge in [0.15, 0.2) is 6.54 Å². The lowest BCUT2D eigenvalue weighted by Gasteiger charge is -2.18. The molecule has 0 saturated heterocycles. The quantitative estimate of drug-likeness (QED) is 0.308. The molecule has 60 valence electrons. The Morgan fingerprint density at radius 1 is 1.00 bits per heavy atom. The highest BCUT2D eigenvalue weighted by Gasteiger charge is 2.10. The SMILES string of the molecule is N[N+](N)(N)Cc1ccccc1. The minimum absolute atomic E-state index is 0.431. The van der Waals surface area contributed by atoms with Gasteiger partial charge in [0, 0.05) is 5.56 Å². The van der Waals surface area contributed by atoms with Crippen LogP contribution in [0.3, 0.4) is 0 Å². The minimum Gasteiger partial charge on any atom is -0.141 e.